The van der Waals surface area contributed by atoms with E-state index < -0.39 is 0 Å². The summed E-state index contributed by atoms with van der Waals surface area (Å²) in [4.78, 5) is 14.4. The Hall–Kier alpha value is -4.03. The number of rotatable bonds is 8. The first-order valence-corrected chi connectivity index (χ1v) is 12.9. The summed E-state index contributed by atoms with van der Waals surface area (Å²) in [5.41, 5.74) is 4.60. The zero-order valence-corrected chi connectivity index (χ0v) is 20.5. The van der Waals surface area contributed by atoms with Gasteiger partial charge in [-0.1, -0.05) is 60.7 Å². The first-order valence-electron chi connectivity index (χ1n) is 12.0. The number of nitrogens with one attached hydrogen (secondary N) is 1. The number of amides is 1. The zero-order chi connectivity index (χ0) is 24.3. The molecule has 1 N–H and O–H groups in total. The lowest BCUT2D eigenvalue weighted by molar-refractivity contribution is -0.121. The Labute approximate surface area is 213 Å². The Bertz CT molecular complexity index is 1490. The predicted molar refractivity (Wildman–Crippen MR) is 143 cm³/mol. The molecule has 6 heteroatoms. The average molecular weight is 495 g/mol. The number of benzene rings is 3. The molecule has 6 rings (SSSR count). The van der Waals surface area contributed by atoms with E-state index in [4.69, 9.17) is 9.47 Å². The lowest BCUT2D eigenvalue weighted by Gasteiger charge is -2.15. The molecule has 1 aliphatic rings. The van der Waals surface area contributed by atoms with Gasteiger partial charge in [0.05, 0.1) is 0 Å². The van der Waals surface area contributed by atoms with Gasteiger partial charge >= 0.3 is 0 Å². The van der Waals surface area contributed by atoms with E-state index in [1.54, 1.807) is 11.3 Å². The van der Waals surface area contributed by atoms with Crippen molar-refractivity contribution >= 4 is 28.1 Å². The molecule has 1 atom stereocenters. The first-order chi connectivity index (χ1) is 17.7. The lowest BCUT2D eigenvalue weighted by atomic mass is 9.93. The normalized spacial score (nSPS) is 13.1. The van der Waals surface area contributed by atoms with Crippen LogP contribution in [0.2, 0.25) is 0 Å². The van der Waals surface area contributed by atoms with E-state index in [9.17, 15) is 4.79 Å². The molecule has 0 aliphatic carbocycles. The Balaban J connectivity index is 1.26. The maximum atomic E-state index is 13.2. The molecular formula is C30H26N2O3S. The highest BCUT2D eigenvalue weighted by Gasteiger charge is 2.24. The highest BCUT2D eigenvalue weighted by atomic mass is 32.1. The monoisotopic (exact) mass is 494 g/mol. The number of nitrogens with zero attached hydrogens (tertiary/aromatic N) is 1. The van der Waals surface area contributed by atoms with Gasteiger partial charge in [-0.15, -0.1) is 11.3 Å². The predicted octanol–water partition coefficient (Wildman–Crippen LogP) is 6.32. The van der Waals surface area contributed by atoms with E-state index in [1.165, 1.54) is 26.9 Å². The molecule has 3 aromatic carbocycles. The molecule has 0 bridgehead atoms. The fourth-order valence-corrected chi connectivity index (χ4v) is 5.67. The summed E-state index contributed by atoms with van der Waals surface area (Å²) in [5.74, 6) is 1.47. The SMILES string of the molecule is O=C(CC(c1cccs1)c1cn(Cc2ccccc2)c2ccccc12)NCc1ccc2c(c1)OCO2. The van der Waals surface area contributed by atoms with E-state index in [0.29, 0.717) is 13.0 Å². The first kappa shape index (κ1) is 22.4. The van der Waals surface area contributed by atoms with Crippen LogP contribution in [0, 0.1) is 0 Å². The van der Waals surface area contributed by atoms with Crippen molar-refractivity contribution in [1.82, 2.24) is 9.88 Å². The summed E-state index contributed by atoms with van der Waals surface area (Å²) in [6, 6.07) is 28.9. The molecule has 5 aromatic rings. The van der Waals surface area contributed by atoms with Crippen LogP contribution in [0.15, 0.2) is 96.5 Å². The van der Waals surface area contributed by atoms with E-state index in [1.807, 2.05) is 24.3 Å². The second-order valence-electron chi connectivity index (χ2n) is 8.95. The van der Waals surface area contributed by atoms with Gasteiger partial charge in [-0.05, 0) is 46.3 Å². The van der Waals surface area contributed by atoms with Crippen LogP contribution in [0.5, 0.6) is 11.5 Å². The number of aromatic nitrogens is 1. The zero-order valence-electron chi connectivity index (χ0n) is 19.7. The number of hydrogen-bond donors (Lipinski definition) is 1. The molecule has 1 amide bonds. The Kier molecular flexibility index (Phi) is 6.18. The summed E-state index contributed by atoms with van der Waals surface area (Å²) in [5, 5.41) is 6.38. The molecule has 0 fully saturated rings. The fourth-order valence-electron chi connectivity index (χ4n) is 4.83. The van der Waals surface area contributed by atoms with E-state index >= 15 is 0 Å². The summed E-state index contributed by atoms with van der Waals surface area (Å²) >= 11 is 1.70. The summed E-state index contributed by atoms with van der Waals surface area (Å²) in [6.45, 7) is 1.47. The minimum atomic E-state index is -0.0244. The van der Waals surface area contributed by atoms with Crippen molar-refractivity contribution in [2.75, 3.05) is 6.79 Å². The van der Waals surface area contributed by atoms with Gasteiger partial charge in [0.2, 0.25) is 12.7 Å². The van der Waals surface area contributed by atoms with Gasteiger partial charge in [0, 0.05) is 47.4 Å². The van der Waals surface area contributed by atoms with Crippen LogP contribution in [-0.4, -0.2) is 17.3 Å². The van der Waals surface area contributed by atoms with Gasteiger partial charge in [0.15, 0.2) is 11.5 Å². The lowest BCUT2D eigenvalue weighted by Crippen LogP contribution is -2.24. The molecule has 1 unspecified atom stereocenters. The molecule has 180 valence electrons. The number of thiophene rings is 1. The van der Waals surface area contributed by atoms with Crippen LogP contribution in [0.1, 0.15) is 33.9 Å². The maximum Gasteiger partial charge on any atom is 0.231 e. The van der Waals surface area contributed by atoms with Gasteiger partial charge in [0.25, 0.3) is 0 Å². The second-order valence-corrected chi connectivity index (χ2v) is 9.93. The Morgan fingerprint density at radius 3 is 2.61 bits per heavy atom. The van der Waals surface area contributed by atoms with Gasteiger partial charge in [-0.2, -0.15) is 0 Å². The highest BCUT2D eigenvalue weighted by Crippen LogP contribution is 2.37. The molecule has 1 aliphatic heterocycles. The van der Waals surface area contributed by atoms with E-state index in [2.05, 4.69) is 82.1 Å². The number of hydrogen-bond acceptors (Lipinski definition) is 4. The van der Waals surface area contributed by atoms with E-state index in [-0.39, 0.29) is 18.6 Å². The third-order valence-electron chi connectivity index (χ3n) is 6.59. The number of ether oxygens (including phenoxy) is 2. The molecule has 3 heterocycles. The van der Waals surface area contributed by atoms with Gasteiger partial charge in [0.1, 0.15) is 0 Å². The van der Waals surface area contributed by atoms with Crippen LogP contribution in [0.25, 0.3) is 10.9 Å². The molecule has 0 saturated carbocycles. The Morgan fingerprint density at radius 2 is 1.75 bits per heavy atom. The average Bonchev–Trinajstić information content (AvgIpc) is 3.67. The van der Waals surface area contributed by atoms with Crippen molar-refractivity contribution in [3.05, 3.63) is 118 Å². The molecule has 0 saturated heterocycles. The minimum absolute atomic E-state index is 0.0194. The van der Waals surface area contributed by atoms with Crippen LogP contribution in [0.4, 0.5) is 0 Å². The number of para-hydroxylation sites is 1. The van der Waals surface area contributed by atoms with Crippen molar-refractivity contribution in [2.24, 2.45) is 0 Å². The number of carbonyl (C=O) groups excluding carboxylic acids is 1. The molecule has 5 nitrogen and oxygen atoms in total. The van der Waals surface area contributed by atoms with Crippen molar-refractivity contribution in [3.63, 3.8) is 0 Å². The number of fused-ring (bicyclic) bond motifs is 2. The summed E-state index contributed by atoms with van der Waals surface area (Å²) < 4.78 is 13.2. The van der Waals surface area contributed by atoms with Crippen molar-refractivity contribution < 1.29 is 14.3 Å². The van der Waals surface area contributed by atoms with Crippen LogP contribution in [-0.2, 0) is 17.9 Å². The minimum Gasteiger partial charge on any atom is -0.454 e. The standard InChI is InChI=1S/C30H26N2O3S/c33-30(31-17-22-12-13-27-28(15-22)35-20-34-27)16-24(29-11-6-14-36-29)25-19-32(18-21-7-2-1-3-8-21)26-10-5-4-9-23(25)26/h1-15,19,24H,16-18,20H2,(H,31,33). The van der Waals surface area contributed by atoms with Gasteiger partial charge < -0.3 is 19.4 Å². The smallest absolute Gasteiger partial charge is 0.231 e. The summed E-state index contributed by atoms with van der Waals surface area (Å²) in [7, 11) is 0. The molecule has 36 heavy (non-hydrogen) atoms. The topological polar surface area (TPSA) is 52.5 Å². The van der Waals surface area contributed by atoms with Crippen LogP contribution >= 0.6 is 11.3 Å². The van der Waals surface area contributed by atoms with Gasteiger partial charge in [-0.25, -0.2) is 0 Å². The highest BCUT2D eigenvalue weighted by molar-refractivity contribution is 7.10. The van der Waals surface area contributed by atoms with Crippen molar-refractivity contribution in [3.8, 4) is 11.5 Å². The molecule has 0 radical (unpaired) electrons. The third-order valence-corrected chi connectivity index (χ3v) is 7.58. The van der Waals surface area contributed by atoms with Crippen LogP contribution in [0.3, 0.4) is 0 Å². The molecular weight excluding hydrogens is 468 g/mol. The molecule has 0 spiro atoms. The van der Waals surface area contributed by atoms with Crippen molar-refractivity contribution in [2.45, 2.75) is 25.4 Å². The third kappa shape index (κ3) is 4.60. The van der Waals surface area contributed by atoms with Gasteiger partial charge in [-0.3, -0.25) is 4.79 Å². The maximum absolute atomic E-state index is 13.2. The Morgan fingerprint density at radius 1 is 0.917 bits per heavy atom. The van der Waals surface area contributed by atoms with Crippen molar-refractivity contribution in [1.29, 1.82) is 0 Å². The fraction of sp³-hybridized carbons (Fsp3) is 0.167. The van der Waals surface area contributed by atoms with E-state index in [0.717, 1.165) is 23.6 Å². The number of carbonyl (C=O) groups is 1. The quantitative estimate of drug-likeness (QED) is 0.275. The second kappa shape index (κ2) is 9.91. The molecule has 2 aromatic heterocycles. The summed E-state index contributed by atoms with van der Waals surface area (Å²) in [6.07, 6.45) is 2.61. The van der Waals surface area contributed by atoms with Crippen LogP contribution < -0.4 is 14.8 Å². The largest absolute Gasteiger partial charge is 0.454 e.